The lowest BCUT2D eigenvalue weighted by Gasteiger charge is -1.96. The number of nitrogens with one attached hydrogen (secondary N) is 2. The van der Waals surface area contributed by atoms with Crippen molar-refractivity contribution in [2.24, 2.45) is 0 Å². The van der Waals surface area contributed by atoms with E-state index in [1.807, 2.05) is 18.2 Å². The minimum Gasteiger partial charge on any atom is -0.292 e. The number of aromatic nitrogens is 4. The lowest BCUT2D eigenvalue weighted by Crippen LogP contribution is -2.00. The molecule has 2 N–H and O–H groups in total. The van der Waals surface area contributed by atoms with Crippen LogP contribution in [-0.4, -0.2) is 20.2 Å². The van der Waals surface area contributed by atoms with Crippen molar-refractivity contribution in [2.45, 2.75) is 11.5 Å². The molecule has 3 aromatic rings. The third-order valence-corrected chi connectivity index (χ3v) is 4.53. The lowest BCUT2D eigenvalue weighted by molar-refractivity contribution is 1.01. The SMILES string of the molecule is O=c1[nH]nc(CSCc2csc(-c3ccccc3)n2)[nH]1. The van der Waals surface area contributed by atoms with Crippen molar-refractivity contribution >= 4 is 23.1 Å². The number of thioether (sulfide) groups is 1. The summed E-state index contributed by atoms with van der Waals surface area (Å²) in [7, 11) is 0. The molecule has 0 saturated carbocycles. The first-order chi connectivity index (χ1) is 9.81. The molecule has 102 valence electrons. The monoisotopic (exact) mass is 304 g/mol. The molecule has 0 aliphatic rings. The Bertz CT molecular complexity index is 732. The van der Waals surface area contributed by atoms with E-state index in [0.29, 0.717) is 11.6 Å². The van der Waals surface area contributed by atoms with Gasteiger partial charge in [0, 0.05) is 16.7 Å². The molecule has 5 nitrogen and oxygen atoms in total. The van der Waals surface area contributed by atoms with Crippen LogP contribution in [0.15, 0.2) is 40.5 Å². The second kappa shape index (κ2) is 6.06. The summed E-state index contributed by atoms with van der Waals surface area (Å²) in [5.74, 6) is 2.13. The zero-order valence-corrected chi connectivity index (χ0v) is 12.1. The van der Waals surface area contributed by atoms with Crippen LogP contribution in [0.2, 0.25) is 0 Å². The van der Waals surface area contributed by atoms with Gasteiger partial charge >= 0.3 is 5.69 Å². The maximum absolute atomic E-state index is 10.9. The van der Waals surface area contributed by atoms with Crippen LogP contribution in [0, 0.1) is 0 Å². The fourth-order valence-corrected chi connectivity index (χ4v) is 3.43. The number of aromatic amines is 2. The van der Waals surface area contributed by atoms with Crippen molar-refractivity contribution in [3.63, 3.8) is 0 Å². The molecule has 2 aromatic heterocycles. The molecule has 0 amide bonds. The normalized spacial score (nSPS) is 10.8. The lowest BCUT2D eigenvalue weighted by atomic mass is 10.2. The first-order valence-electron chi connectivity index (χ1n) is 6.02. The second-order valence-corrected chi connectivity index (χ2v) is 5.97. The number of thiazole rings is 1. The van der Waals surface area contributed by atoms with Crippen LogP contribution in [-0.2, 0) is 11.5 Å². The van der Waals surface area contributed by atoms with Crippen molar-refractivity contribution in [3.8, 4) is 10.6 Å². The highest BCUT2D eigenvalue weighted by molar-refractivity contribution is 7.97. The van der Waals surface area contributed by atoms with Gasteiger partial charge in [-0.15, -0.1) is 23.1 Å². The Balaban J connectivity index is 1.59. The smallest absolute Gasteiger partial charge is 0.292 e. The predicted molar refractivity (Wildman–Crippen MR) is 81.8 cm³/mol. The third kappa shape index (κ3) is 3.17. The number of hydrogen-bond donors (Lipinski definition) is 2. The van der Waals surface area contributed by atoms with Crippen LogP contribution in [0.3, 0.4) is 0 Å². The van der Waals surface area contributed by atoms with Crippen molar-refractivity contribution in [3.05, 3.63) is 57.7 Å². The van der Waals surface area contributed by atoms with Gasteiger partial charge in [0.25, 0.3) is 0 Å². The Morgan fingerprint density at radius 3 is 2.80 bits per heavy atom. The molecule has 0 bridgehead atoms. The van der Waals surface area contributed by atoms with E-state index in [1.54, 1.807) is 23.1 Å². The molecule has 0 spiro atoms. The van der Waals surface area contributed by atoms with E-state index >= 15 is 0 Å². The molecule has 0 fully saturated rings. The average Bonchev–Trinajstić information content (AvgIpc) is 3.09. The summed E-state index contributed by atoms with van der Waals surface area (Å²) in [6.45, 7) is 0. The van der Waals surface area contributed by atoms with Gasteiger partial charge < -0.3 is 0 Å². The standard InChI is InChI=1S/C13H12N4OS2/c18-13-15-11(16-17-13)8-19-6-10-7-20-12(14-10)9-4-2-1-3-5-9/h1-5,7H,6,8H2,(H2,15,16,17,18). The molecule has 20 heavy (non-hydrogen) atoms. The molecule has 0 aliphatic heterocycles. The highest BCUT2D eigenvalue weighted by Gasteiger charge is 2.05. The van der Waals surface area contributed by atoms with Gasteiger partial charge in [0.15, 0.2) is 0 Å². The van der Waals surface area contributed by atoms with Gasteiger partial charge in [-0.25, -0.2) is 14.9 Å². The fraction of sp³-hybridized carbons (Fsp3) is 0.154. The van der Waals surface area contributed by atoms with Crippen LogP contribution in [0.5, 0.6) is 0 Å². The summed E-state index contributed by atoms with van der Waals surface area (Å²) in [6.07, 6.45) is 0. The molecule has 0 radical (unpaired) electrons. The van der Waals surface area contributed by atoms with Gasteiger partial charge in [-0.1, -0.05) is 30.3 Å². The first kappa shape index (κ1) is 13.1. The summed E-state index contributed by atoms with van der Waals surface area (Å²) in [5.41, 5.74) is 1.93. The summed E-state index contributed by atoms with van der Waals surface area (Å²) in [4.78, 5) is 18.1. The zero-order chi connectivity index (χ0) is 13.8. The van der Waals surface area contributed by atoms with E-state index in [4.69, 9.17) is 0 Å². The van der Waals surface area contributed by atoms with E-state index in [-0.39, 0.29) is 5.69 Å². The Hall–Kier alpha value is -1.86. The third-order valence-electron chi connectivity index (χ3n) is 2.61. The molecule has 2 heterocycles. The van der Waals surface area contributed by atoms with Crippen molar-refractivity contribution in [1.29, 1.82) is 0 Å². The first-order valence-corrected chi connectivity index (χ1v) is 8.06. The van der Waals surface area contributed by atoms with Crippen LogP contribution < -0.4 is 5.69 Å². The highest BCUT2D eigenvalue weighted by atomic mass is 32.2. The van der Waals surface area contributed by atoms with Gasteiger partial charge in [0.2, 0.25) is 0 Å². The maximum Gasteiger partial charge on any atom is 0.340 e. The molecule has 1 aromatic carbocycles. The average molecular weight is 304 g/mol. The summed E-state index contributed by atoms with van der Waals surface area (Å²) < 4.78 is 0. The second-order valence-electron chi connectivity index (χ2n) is 4.13. The quantitative estimate of drug-likeness (QED) is 0.760. The summed E-state index contributed by atoms with van der Waals surface area (Å²) in [5, 5.41) is 9.33. The van der Waals surface area contributed by atoms with Gasteiger partial charge in [-0.05, 0) is 0 Å². The zero-order valence-electron chi connectivity index (χ0n) is 10.5. The number of H-pyrrole nitrogens is 2. The topological polar surface area (TPSA) is 74.4 Å². The van der Waals surface area contributed by atoms with Crippen molar-refractivity contribution in [1.82, 2.24) is 20.2 Å². The minimum atomic E-state index is -0.263. The Kier molecular flexibility index (Phi) is 3.98. The molecule has 3 rings (SSSR count). The number of hydrogen-bond acceptors (Lipinski definition) is 5. The molecule has 0 aliphatic carbocycles. The van der Waals surface area contributed by atoms with E-state index in [9.17, 15) is 4.79 Å². The number of rotatable bonds is 5. The summed E-state index contributed by atoms with van der Waals surface area (Å²) in [6, 6.07) is 10.1. The largest absolute Gasteiger partial charge is 0.340 e. The molecule has 7 heteroatoms. The highest BCUT2D eigenvalue weighted by Crippen LogP contribution is 2.25. The van der Waals surface area contributed by atoms with Crippen LogP contribution in [0.4, 0.5) is 0 Å². The fourth-order valence-electron chi connectivity index (χ4n) is 1.71. The van der Waals surface area contributed by atoms with Gasteiger partial charge in [-0.3, -0.25) is 4.98 Å². The minimum absolute atomic E-state index is 0.263. The maximum atomic E-state index is 10.9. The Morgan fingerprint density at radius 1 is 1.20 bits per heavy atom. The molecule has 0 atom stereocenters. The Morgan fingerprint density at radius 2 is 2.05 bits per heavy atom. The van der Waals surface area contributed by atoms with Crippen LogP contribution in [0.25, 0.3) is 10.6 Å². The molecule has 0 saturated heterocycles. The van der Waals surface area contributed by atoms with Crippen molar-refractivity contribution in [2.75, 3.05) is 0 Å². The van der Waals surface area contributed by atoms with E-state index in [0.717, 1.165) is 22.0 Å². The predicted octanol–water partition coefficient (Wildman–Crippen LogP) is 2.65. The van der Waals surface area contributed by atoms with Crippen molar-refractivity contribution < 1.29 is 0 Å². The Labute approximate surface area is 123 Å². The van der Waals surface area contributed by atoms with E-state index in [1.165, 1.54) is 0 Å². The number of benzene rings is 1. The number of nitrogens with zero attached hydrogens (tertiary/aromatic N) is 2. The summed E-state index contributed by atoms with van der Waals surface area (Å²) >= 11 is 3.32. The van der Waals surface area contributed by atoms with Gasteiger partial charge in [0.1, 0.15) is 10.8 Å². The molecular weight excluding hydrogens is 292 g/mol. The van der Waals surface area contributed by atoms with Gasteiger partial charge in [0.05, 0.1) is 11.4 Å². The molecule has 0 unspecified atom stereocenters. The van der Waals surface area contributed by atoms with Crippen LogP contribution >= 0.6 is 23.1 Å². The van der Waals surface area contributed by atoms with E-state index in [2.05, 4.69) is 37.7 Å². The van der Waals surface area contributed by atoms with E-state index < -0.39 is 0 Å². The van der Waals surface area contributed by atoms with Gasteiger partial charge in [-0.2, -0.15) is 5.10 Å². The molecular formula is C13H12N4OS2. The van der Waals surface area contributed by atoms with Crippen LogP contribution in [0.1, 0.15) is 11.5 Å².